The highest BCUT2D eigenvalue weighted by Gasteiger charge is 2.24. The van der Waals surface area contributed by atoms with Crippen molar-refractivity contribution in [2.24, 2.45) is 0 Å². The van der Waals surface area contributed by atoms with E-state index in [1.807, 2.05) is 5.06 Å². The van der Waals surface area contributed by atoms with Crippen molar-refractivity contribution >= 4 is 5.91 Å². The summed E-state index contributed by atoms with van der Waals surface area (Å²) < 4.78 is 0. The fraction of sp³-hybridized carbons (Fsp3) is 0.912. The summed E-state index contributed by atoms with van der Waals surface area (Å²) in [5.41, 5.74) is 0. The van der Waals surface area contributed by atoms with Crippen LogP contribution in [0.1, 0.15) is 168 Å². The molecule has 0 saturated carbocycles. The quantitative estimate of drug-likeness (QED) is 0.0541. The second kappa shape index (κ2) is 29.1. The Morgan fingerprint density at radius 3 is 1.63 bits per heavy atom. The maximum Gasteiger partial charge on any atom is 0.246 e. The zero-order valence-corrected chi connectivity index (χ0v) is 26.6. The summed E-state index contributed by atoms with van der Waals surface area (Å²) in [6.45, 7) is 8.36. The summed E-state index contributed by atoms with van der Waals surface area (Å²) >= 11 is 0. The molecule has 1 amide bonds. The standard InChI is InChI=1S/C34H68N2O2/c1-6-9-12-15-17-19-22-25-29-33(28-24-21-14-11-8-3)36(34(37)30-27-31-35(4)5)38-32-26-23-20-18-16-13-10-7-2/h20,23,33H,6-19,21-22,24-32H2,1-5H3/b23-20-. The van der Waals surface area contributed by atoms with Gasteiger partial charge in [-0.1, -0.05) is 136 Å². The number of rotatable bonds is 29. The predicted molar refractivity (Wildman–Crippen MR) is 167 cm³/mol. The lowest BCUT2D eigenvalue weighted by Gasteiger charge is -2.31. The number of hydroxylamine groups is 2. The van der Waals surface area contributed by atoms with Crippen molar-refractivity contribution in [2.45, 2.75) is 174 Å². The van der Waals surface area contributed by atoms with Gasteiger partial charge in [0.1, 0.15) is 0 Å². The molecule has 0 rings (SSSR count). The predicted octanol–water partition coefficient (Wildman–Crippen LogP) is 10.3. The van der Waals surface area contributed by atoms with E-state index in [9.17, 15) is 4.79 Å². The Labute approximate surface area is 239 Å². The first-order valence-corrected chi connectivity index (χ1v) is 16.8. The third-order valence-corrected chi connectivity index (χ3v) is 7.51. The molecule has 0 aromatic heterocycles. The molecule has 0 aliphatic carbocycles. The van der Waals surface area contributed by atoms with Crippen LogP contribution in [0, 0.1) is 0 Å². The van der Waals surface area contributed by atoms with Crippen LogP contribution in [0.4, 0.5) is 0 Å². The van der Waals surface area contributed by atoms with Crippen molar-refractivity contribution in [1.29, 1.82) is 0 Å². The Morgan fingerprint density at radius 1 is 0.632 bits per heavy atom. The molecule has 0 fully saturated rings. The maximum absolute atomic E-state index is 13.4. The number of carbonyl (C=O) groups excluding carboxylic acids is 1. The molecule has 38 heavy (non-hydrogen) atoms. The van der Waals surface area contributed by atoms with Crippen LogP contribution in [0.15, 0.2) is 12.2 Å². The van der Waals surface area contributed by atoms with Crippen molar-refractivity contribution in [3.63, 3.8) is 0 Å². The van der Waals surface area contributed by atoms with E-state index >= 15 is 0 Å². The van der Waals surface area contributed by atoms with E-state index in [2.05, 4.69) is 51.9 Å². The molecule has 0 aromatic rings. The highest BCUT2D eigenvalue weighted by atomic mass is 16.7. The van der Waals surface area contributed by atoms with Crippen molar-refractivity contribution in [2.75, 3.05) is 27.2 Å². The second-order valence-electron chi connectivity index (χ2n) is 11.7. The Kier molecular flexibility index (Phi) is 28.5. The average molecular weight is 537 g/mol. The first-order chi connectivity index (χ1) is 18.6. The van der Waals surface area contributed by atoms with Crippen LogP contribution in [0.3, 0.4) is 0 Å². The van der Waals surface area contributed by atoms with Gasteiger partial charge in [-0.2, -0.15) is 0 Å². The summed E-state index contributed by atoms with van der Waals surface area (Å²) in [6.07, 6.45) is 32.4. The number of hydrogen-bond acceptors (Lipinski definition) is 3. The van der Waals surface area contributed by atoms with E-state index in [0.717, 1.165) is 38.6 Å². The molecule has 226 valence electrons. The van der Waals surface area contributed by atoms with Crippen molar-refractivity contribution in [3.8, 4) is 0 Å². The molecule has 0 bridgehead atoms. The number of carbonyl (C=O) groups is 1. The van der Waals surface area contributed by atoms with Gasteiger partial charge in [0.05, 0.1) is 12.6 Å². The van der Waals surface area contributed by atoms with Gasteiger partial charge in [0.2, 0.25) is 5.91 Å². The van der Waals surface area contributed by atoms with Gasteiger partial charge < -0.3 is 4.90 Å². The van der Waals surface area contributed by atoms with Gasteiger partial charge in [-0.05, 0) is 59.2 Å². The number of nitrogens with zero attached hydrogens (tertiary/aromatic N) is 2. The molecule has 0 radical (unpaired) electrons. The highest BCUT2D eigenvalue weighted by Crippen LogP contribution is 2.21. The van der Waals surface area contributed by atoms with Gasteiger partial charge in [0, 0.05) is 6.42 Å². The largest absolute Gasteiger partial charge is 0.309 e. The molecule has 0 aromatic carbocycles. The van der Waals surface area contributed by atoms with Gasteiger partial charge in [0.15, 0.2) is 0 Å². The SMILES string of the molecule is CCCCCC/C=C\CCON(C(=O)CCCN(C)C)C(CCCCCCC)CCCCCCCCCC. The maximum atomic E-state index is 13.4. The summed E-state index contributed by atoms with van der Waals surface area (Å²) in [5, 5.41) is 1.84. The average Bonchev–Trinajstić information content (AvgIpc) is 2.90. The third kappa shape index (κ3) is 24.2. The Hall–Kier alpha value is -0.870. The Bertz CT molecular complexity index is 521. The van der Waals surface area contributed by atoms with Crippen LogP contribution in [0.2, 0.25) is 0 Å². The van der Waals surface area contributed by atoms with Crippen LogP contribution in [-0.4, -0.2) is 49.2 Å². The molecule has 0 spiro atoms. The van der Waals surface area contributed by atoms with Crippen LogP contribution in [0.5, 0.6) is 0 Å². The van der Waals surface area contributed by atoms with E-state index in [4.69, 9.17) is 4.84 Å². The van der Waals surface area contributed by atoms with E-state index in [0.29, 0.717) is 13.0 Å². The van der Waals surface area contributed by atoms with E-state index in [-0.39, 0.29) is 11.9 Å². The van der Waals surface area contributed by atoms with Gasteiger partial charge in [-0.3, -0.25) is 9.63 Å². The van der Waals surface area contributed by atoms with Gasteiger partial charge >= 0.3 is 0 Å². The molecular formula is C34H68N2O2. The lowest BCUT2D eigenvalue weighted by atomic mass is 9.99. The summed E-state index contributed by atoms with van der Waals surface area (Å²) in [5.74, 6) is 0.188. The molecule has 0 aliphatic rings. The van der Waals surface area contributed by atoms with E-state index < -0.39 is 0 Å². The molecule has 4 nitrogen and oxygen atoms in total. The first kappa shape index (κ1) is 37.1. The molecule has 0 heterocycles. The number of unbranched alkanes of at least 4 members (excludes halogenated alkanes) is 15. The zero-order chi connectivity index (χ0) is 28.1. The summed E-state index contributed by atoms with van der Waals surface area (Å²) in [4.78, 5) is 21.8. The molecule has 0 N–H and O–H groups in total. The monoisotopic (exact) mass is 537 g/mol. The Balaban J connectivity index is 4.91. The normalized spacial score (nSPS) is 12.6. The van der Waals surface area contributed by atoms with Crippen molar-refractivity contribution in [1.82, 2.24) is 9.96 Å². The summed E-state index contributed by atoms with van der Waals surface area (Å²) in [6, 6.07) is 0.224. The number of hydrogen-bond donors (Lipinski definition) is 0. The molecule has 0 aliphatic heterocycles. The van der Waals surface area contributed by atoms with E-state index in [1.54, 1.807) is 0 Å². The fourth-order valence-electron chi connectivity index (χ4n) is 5.06. The van der Waals surface area contributed by atoms with Crippen LogP contribution < -0.4 is 0 Å². The minimum Gasteiger partial charge on any atom is -0.309 e. The van der Waals surface area contributed by atoms with E-state index in [1.165, 1.54) is 109 Å². The van der Waals surface area contributed by atoms with Crippen LogP contribution in [0.25, 0.3) is 0 Å². The molecular weight excluding hydrogens is 468 g/mol. The summed E-state index contributed by atoms with van der Waals surface area (Å²) in [7, 11) is 4.16. The van der Waals surface area contributed by atoms with Gasteiger partial charge in [0.25, 0.3) is 0 Å². The highest BCUT2D eigenvalue weighted by molar-refractivity contribution is 5.75. The topological polar surface area (TPSA) is 32.8 Å². The van der Waals surface area contributed by atoms with Crippen molar-refractivity contribution < 1.29 is 9.63 Å². The lowest BCUT2D eigenvalue weighted by molar-refractivity contribution is -0.202. The fourth-order valence-corrected chi connectivity index (χ4v) is 5.06. The molecule has 0 saturated heterocycles. The second-order valence-corrected chi connectivity index (χ2v) is 11.7. The first-order valence-electron chi connectivity index (χ1n) is 16.8. The smallest absolute Gasteiger partial charge is 0.246 e. The number of amides is 1. The molecule has 4 heteroatoms. The van der Waals surface area contributed by atoms with Gasteiger partial charge in [-0.25, -0.2) is 5.06 Å². The minimum atomic E-state index is 0.188. The van der Waals surface area contributed by atoms with Crippen molar-refractivity contribution in [3.05, 3.63) is 12.2 Å². The minimum absolute atomic E-state index is 0.188. The third-order valence-electron chi connectivity index (χ3n) is 7.51. The van der Waals surface area contributed by atoms with Crippen LogP contribution >= 0.6 is 0 Å². The molecule has 1 unspecified atom stereocenters. The zero-order valence-electron chi connectivity index (χ0n) is 26.6. The Morgan fingerprint density at radius 2 is 1.11 bits per heavy atom. The van der Waals surface area contributed by atoms with Gasteiger partial charge in [-0.15, -0.1) is 0 Å². The number of allylic oxidation sites excluding steroid dienone is 1. The van der Waals surface area contributed by atoms with Crippen LogP contribution in [-0.2, 0) is 9.63 Å². The lowest BCUT2D eigenvalue weighted by Crippen LogP contribution is -2.41. The molecule has 1 atom stereocenters.